The molecule has 1 N–H and O–H groups in total. The van der Waals surface area contributed by atoms with Crippen LogP contribution in [0.15, 0.2) is 36.5 Å². The summed E-state index contributed by atoms with van der Waals surface area (Å²) in [5.41, 5.74) is 4.08. The third kappa shape index (κ3) is 3.33. The van der Waals surface area contributed by atoms with Crippen LogP contribution >= 0.6 is 0 Å². The van der Waals surface area contributed by atoms with E-state index in [-0.39, 0.29) is 5.91 Å². The maximum absolute atomic E-state index is 12.5. The largest absolute Gasteiger partial charge is 0.372 e. The third-order valence-electron chi connectivity index (χ3n) is 4.38. The number of aromatic nitrogens is 3. The van der Waals surface area contributed by atoms with Gasteiger partial charge in [-0.3, -0.25) is 9.48 Å². The number of rotatable bonds is 5. The first-order chi connectivity index (χ1) is 12.0. The third-order valence-corrected chi connectivity index (χ3v) is 4.38. The number of carbonyl (C=O) groups is 1. The van der Waals surface area contributed by atoms with Gasteiger partial charge < -0.3 is 10.2 Å². The molecule has 3 aromatic rings. The number of pyridine rings is 1. The lowest BCUT2D eigenvalue weighted by molar-refractivity contribution is 0.102. The summed E-state index contributed by atoms with van der Waals surface area (Å²) in [6, 6.07) is 9.73. The van der Waals surface area contributed by atoms with Crippen LogP contribution in [0.4, 0.5) is 11.4 Å². The van der Waals surface area contributed by atoms with Crippen LogP contribution < -0.4 is 10.2 Å². The highest BCUT2D eigenvalue weighted by molar-refractivity contribution is 6.05. The zero-order chi connectivity index (χ0) is 18.0. The maximum atomic E-state index is 12.5. The summed E-state index contributed by atoms with van der Waals surface area (Å²) in [5, 5.41) is 8.16. The Hall–Kier alpha value is -2.89. The van der Waals surface area contributed by atoms with E-state index in [0.29, 0.717) is 5.56 Å². The smallest absolute Gasteiger partial charge is 0.257 e. The fraction of sp³-hybridized carbons (Fsp3) is 0.316. The van der Waals surface area contributed by atoms with Gasteiger partial charge in [-0.15, -0.1) is 0 Å². The van der Waals surface area contributed by atoms with Crippen LogP contribution in [0.2, 0.25) is 0 Å². The lowest BCUT2D eigenvalue weighted by atomic mass is 10.2. The van der Waals surface area contributed by atoms with Crippen molar-refractivity contribution in [1.82, 2.24) is 14.8 Å². The first-order valence-electron chi connectivity index (χ1n) is 8.49. The number of amides is 1. The van der Waals surface area contributed by atoms with E-state index in [2.05, 4.69) is 34.1 Å². The number of hydrogen-bond donors (Lipinski definition) is 1. The molecule has 0 saturated carbocycles. The Balaban J connectivity index is 1.79. The monoisotopic (exact) mass is 337 g/mol. The van der Waals surface area contributed by atoms with Gasteiger partial charge in [-0.2, -0.15) is 5.10 Å². The van der Waals surface area contributed by atoms with Crippen LogP contribution in [-0.2, 0) is 7.05 Å². The summed E-state index contributed by atoms with van der Waals surface area (Å²) in [6.45, 7) is 8.08. The highest BCUT2D eigenvalue weighted by Crippen LogP contribution is 2.20. The number of anilines is 2. The Morgan fingerprint density at radius 1 is 1.20 bits per heavy atom. The highest BCUT2D eigenvalue weighted by Gasteiger charge is 2.12. The summed E-state index contributed by atoms with van der Waals surface area (Å²) >= 11 is 0. The predicted molar refractivity (Wildman–Crippen MR) is 101 cm³/mol. The molecule has 0 aliphatic carbocycles. The topological polar surface area (TPSA) is 63.1 Å². The van der Waals surface area contributed by atoms with Crippen molar-refractivity contribution < 1.29 is 4.79 Å². The number of fused-ring (bicyclic) bond motifs is 1. The van der Waals surface area contributed by atoms with Crippen LogP contribution in [0, 0.1) is 6.92 Å². The predicted octanol–water partition coefficient (Wildman–Crippen LogP) is 3.38. The molecule has 0 atom stereocenters. The Labute approximate surface area is 147 Å². The molecule has 0 aliphatic rings. The minimum atomic E-state index is -0.173. The van der Waals surface area contributed by atoms with Gasteiger partial charge in [-0.1, -0.05) is 0 Å². The zero-order valence-electron chi connectivity index (χ0n) is 15.1. The summed E-state index contributed by atoms with van der Waals surface area (Å²) in [7, 11) is 1.85. The standard InChI is InChI=1S/C19H23N5O/c1-5-24(6-2)16-9-7-15(8-10-16)21-19(25)14-11-17-13(3)22-23(4)18(17)20-12-14/h7-12H,5-6H2,1-4H3,(H,21,25). The van der Waals surface area contributed by atoms with Crippen molar-refractivity contribution in [3.8, 4) is 0 Å². The van der Waals surface area contributed by atoms with Gasteiger partial charge in [0, 0.05) is 43.1 Å². The molecule has 0 unspecified atom stereocenters. The number of nitrogens with one attached hydrogen (secondary N) is 1. The van der Waals surface area contributed by atoms with Crippen molar-refractivity contribution in [2.75, 3.05) is 23.3 Å². The molecule has 6 heteroatoms. The van der Waals surface area contributed by atoms with E-state index in [1.807, 2.05) is 44.3 Å². The molecule has 3 rings (SSSR count). The minimum absolute atomic E-state index is 0.173. The first-order valence-corrected chi connectivity index (χ1v) is 8.49. The second-order valence-corrected chi connectivity index (χ2v) is 5.98. The van der Waals surface area contributed by atoms with E-state index >= 15 is 0 Å². The second kappa shape index (κ2) is 6.93. The number of aryl methyl sites for hydroxylation is 2. The van der Waals surface area contributed by atoms with Crippen LogP contribution in [0.1, 0.15) is 29.9 Å². The molecule has 6 nitrogen and oxygen atoms in total. The highest BCUT2D eigenvalue weighted by atomic mass is 16.1. The van der Waals surface area contributed by atoms with Crippen molar-refractivity contribution in [3.05, 3.63) is 47.8 Å². The molecule has 1 amide bonds. The van der Waals surface area contributed by atoms with E-state index in [9.17, 15) is 4.79 Å². The summed E-state index contributed by atoms with van der Waals surface area (Å²) in [5.74, 6) is -0.173. The van der Waals surface area contributed by atoms with Gasteiger partial charge in [0.1, 0.15) is 0 Å². The molecule has 0 spiro atoms. The van der Waals surface area contributed by atoms with Crippen molar-refractivity contribution in [2.45, 2.75) is 20.8 Å². The molecule has 0 bridgehead atoms. The van der Waals surface area contributed by atoms with Gasteiger partial charge >= 0.3 is 0 Å². The van der Waals surface area contributed by atoms with Crippen LogP contribution in [0.3, 0.4) is 0 Å². The molecule has 2 aromatic heterocycles. The second-order valence-electron chi connectivity index (χ2n) is 5.98. The van der Waals surface area contributed by atoms with E-state index in [0.717, 1.165) is 41.2 Å². The van der Waals surface area contributed by atoms with Crippen molar-refractivity contribution in [3.63, 3.8) is 0 Å². The molecule has 0 radical (unpaired) electrons. The number of hydrogen-bond acceptors (Lipinski definition) is 4. The van der Waals surface area contributed by atoms with Gasteiger partial charge in [0.2, 0.25) is 0 Å². The molecule has 130 valence electrons. The van der Waals surface area contributed by atoms with Crippen LogP contribution in [0.5, 0.6) is 0 Å². The van der Waals surface area contributed by atoms with Gasteiger partial charge in [0.15, 0.2) is 5.65 Å². The van der Waals surface area contributed by atoms with Gasteiger partial charge in [0.25, 0.3) is 5.91 Å². The summed E-state index contributed by atoms with van der Waals surface area (Å²) in [6.07, 6.45) is 1.59. The first kappa shape index (κ1) is 17.0. The van der Waals surface area contributed by atoms with Crippen LogP contribution in [0.25, 0.3) is 11.0 Å². The van der Waals surface area contributed by atoms with Gasteiger partial charge in [0.05, 0.1) is 11.3 Å². The molecular formula is C19H23N5O. The lowest BCUT2D eigenvalue weighted by Gasteiger charge is -2.21. The molecule has 25 heavy (non-hydrogen) atoms. The van der Waals surface area contributed by atoms with E-state index in [1.54, 1.807) is 10.9 Å². The summed E-state index contributed by atoms with van der Waals surface area (Å²) < 4.78 is 1.72. The number of carbonyl (C=O) groups excluding carboxylic acids is 1. The molecule has 1 aromatic carbocycles. The van der Waals surface area contributed by atoms with Gasteiger partial charge in [-0.05, 0) is 51.1 Å². The normalized spacial score (nSPS) is 10.9. The van der Waals surface area contributed by atoms with Crippen molar-refractivity contribution >= 4 is 28.3 Å². The maximum Gasteiger partial charge on any atom is 0.257 e. The average Bonchev–Trinajstić information content (AvgIpc) is 2.91. The molecule has 0 saturated heterocycles. The quantitative estimate of drug-likeness (QED) is 0.775. The van der Waals surface area contributed by atoms with Crippen LogP contribution in [-0.4, -0.2) is 33.8 Å². The Kier molecular flexibility index (Phi) is 4.70. The van der Waals surface area contributed by atoms with Gasteiger partial charge in [-0.25, -0.2) is 4.98 Å². The molecular weight excluding hydrogens is 314 g/mol. The zero-order valence-corrected chi connectivity index (χ0v) is 15.1. The fourth-order valence-corrected chi connectivity index (χ4v) is 2.98. The van der Waals surface area contributed by atoms with E-state index in [1.165, 1.54) is 0 Å². The number of nitrogens with zero attached hydrogens (tertiary/aromatic N) is 4. The summed E-state index contributed by atoms with van der Waals surface area (Å²) in [4.78, 5) is 19.1. The molecule has 0 fully saturated rings. The Morgan fingerprint density at radius 2 is 1.88 bits per heavy atom. The number of benzene rings is 1. The molecule has 2 heterocycles. The van der Waals surface area contributed by atoms with E-state index in [4.69, 9.17) is 0 Å². The van der Waals surface area contributed by atoms with Crippen molar-refractivity contribution in [2.24, 2.45) is 7.05 Å². The molecule has 0 aliphatic heterocycles. The fourth-order valence-electron chi connectivity index (χ4n) is 2.98. The Morgan fingerprint density at radius 3 is 2.52 bits per heavy atom. The van der Waals surface area contributed by atoms with Crippen molar-refractivity contribution in [1.29, 1.82) is 0 Å². The minimum Gasteiger partial charge on any atom is -0.372 e. The average molecular weight is 337 g/mol. The lowest BCUT2D eigenvalue weighted by Crippen LogP contribution is -2.21. The Bertz CT molecular complexity index is 894. The van der Waals surface area contributed by atoms with E-state index < -0.39 is 0 Å². The SMILES string of the molecule is CCN(CC)c1ccc(NC(=O)c2cnc3c(c2)c(C)nn3C)cc1.